The van der Waals surface area contributed by atoms with Gasteiger partial charge in [-0.25, -0.2) is 0 Å². The molecule has 5 heteroatoms. The summed E-state index contributed by atoms with van der Waals surface area (Å²) in [6.45, 7) is 8.83. The monoisotopic (exact) mass is 296 g/mol. The number of nitrogens with zero attached hydrogens (tertiary/aromatic N) is 3. The van der Waals surface area contributed by atoms with Crippen LogP contribution < -0.4 is 5.32 Å². The number of nitrogens with one attached hydrogen (secondary N) is 1. The van der Waals surface area contributed by atoms with Crippen molar-refractivity contribution in [2.24, 2.45) is 0 Å². The summed E-state index contributed by atoms with van der Waals surface area (Å²) in [6.07, 6.45) is 3.68. The lowest BCUT2D eigenvalue weighted by molar-refractivity contribution is -0.144. The fraction of sp³-hybridized carbons (Fsp3) is 0.938. The van der Waals surface area contributed by atoms with E-state index in [4.69, 9.17) is 0 Å². The molecule has 2 rings (SSSR count). The Balaban J connectivity index is 2.00. The minimum Gasteiger partial charge on any atom is -0.342 e. The molecule has 21 heavy (non-hydrogen) atoms. The standard InChI is InChI=1S/C16H32N4O/c1-15(2,20-11-9-17-10-12-20)14(21)19(5)13-16(18(3)4)7-6-8-16/h17H,6-13H2,1-5H3. The Morgan fingerprint density at radius 1 is 1.19 bits per heavy atom. The second-order valence-corrected chi connectivity index (χ2v) is 7.43. The maximum atomic E-state index is 12.9. The Labute approximate surface area is 129 Å². The lowest BCUT2D eigenvalue weighted by Crippen LogP contribution is -2.63. The maximum Gasteiger partial charge on any atom is 0.242 e. The molecule has 1 aliphatic carbocycles. The molecule has 0 aromatic heterocycles. The molecule has 1 aliphatic heterocycles. The molecule has 1 saturated carbocycles. The van der Waals surface area contributed by atoms with Gasteiger partial charge in [0.25, 0.3) is 0 Å². The molecule has 0 spiro atoms. The van der Waals surface area contributed by atoms with Crippen molar-refractivity contribution >= 4 is 5.91 Å². The van der Waals surface area contributed by atoms with Gasteiger partial charge in [0.05, 0.1) is 5.54 Å². The molecule has 0 aromatic carbocycles. The van der Waals surface area contributed by atoms with E-state index < -0.39 is 5.54 Å². The zero-order valence-electron chi connectivity index (χ0n) is 14.4. The average Bonchev–Trinajstić information content (AvgIpc) is 2.42. The summed E-state index contributed by atoms with van der Waals surface area (Å²) in [5.74, 6) is 0.248. The van der Waals surface area contributed by atoms with E-state index in [2.05, 4.69) is 43.1 Å². The van der Waals surface area contributed by atoms with Crippen molar-refractivity contribution in [2.45, 2.75) is 44.2 Å². The molecule has 2 fully saturated rings. The first-order chi connectivity index (χ1) is 9.79. The molecule has 0 unspecified atom stereocenters. The molecule has 0 bridgehead atoms. The normalized spacial score (nSPS) is 23.0. The van der Waals surface area contributed by atoms with Crippen molar-refractivity contribution < 1.29 is 4.79 Å². The van der Waals surface area contributed by atoms with Crippen LogP contribution in [-0.4, -0.2) is 85.6 Å². The third kappa shape index (κ3) is 3.25. The summed E-state index contributed by atoms with van der Waals surface area (Å²) in [4.78, 5) is 19.5. The maximum absolute atomic E-state index is 12.9. The fourth-order valence-electron chi connectivity index (χ4n) is 3.67. The molecule has 1 N–H and O–H groups in total. The van der Waals surface area contributed by atoms with Gasteiger partial charge < -0.3 is 15.1 Å². The number of likely N-dealkylation sites (N-methyl/N-ethyl adjacent to an activating group) is 2. The highest BCUT2D eigenvalue weighted by atomic mass is 16.2. The van der Waals surface area contributed by atoms with Crippen molar-refractivity contribution in [1.82, 2.24) is 20.0 Å². The van der Waals surface area contributed by atoms with Gasteiger partial charge in [-0.15, -0.1) is 0 Å². The zero-order chi connectivity index (χ0) is 15.7. The predicted octanol–water partition coefficient (Wildman–Crippen LogP) is 0.613. The van der Waals surface area contributed by atoms with Gasteiger partial charge in [-0.3, -0.25) is 9.69 Å². The van der Waals surface area contributed by atoms with E-state index in [0.29, 0.717) is 0 Å². The second kappa shape index (κ2) is 6.23. The number of amides is 1. The highest BCUT2D eigenvalue weighted by Crippen LogP contribution is 2.37. The van der Waals surface area contributed by atoms with E-state index in [1.807, 2.05) is 11.9 Å². The molecule has 122 valence electrons. The van der Waals surface area contributed by atoms with Gasteiger partial charge in [0, 0.05) is 45.3 Å². The molecule has 0 aromatic rings. The van der Waals surface area contributed by atoms with Gasteiger partial charge in [0.1, 0.15) is 0 Å². The van der Waals surface area contributed by atoms with Crippen LogP contribution in [0.4, 0.5) is 0 Å². The quantitative estimate of drug-likeness (QED) is 0.807. The molecule has 1 saturated heterocycles. The Morgan fingerprint density at radius 3 is 2.19 bits per heavy atom. The van der Waals surface area contributed by atoms with Crippen molar-refractivity contribution in [2.75, 3.05) is 53.9 Å². The number of hydrogen-bond acceptors (Lipinski definition) is 4. The van der Waals surface area contributed by atoms with Gasteiger partial charge in [-0.2, -0.15) is 0 Å². The summed E-state index contributed by atoms with van der Waals surface area (Å²) in [5, 5.41) is 3.35. The number of rotatable bonds is 5. The van der Waals surface area contributed by atoms with Crippen molar-refractivity contribution in [1.29, 1.82) is 0 Å². The van der Waals surface area contributed by atoms with E-state index >= 15 is 0 Å². The number of hydrogen-bond donors (Lipinski definition) is 1. The molecular formula is C16H32N4O. The summed E-state index contributed by atoms with van der Waals surface area (Å²) >= 11 is 0. The van der Waals surface area contributed by atoms with E-state index in [-0.39, 0.29) is 11.4 Å². The third-order valence-electron chi connectivity index (χ3n) is 5.54. The van der Waals surface area contributed by atoms with Crippen LogP contribution in [0.3, 0.4) is 0 Å². The highest BCUT2D eigenvalue weighted by Gasteiger charge is 2.43. The van der Waals surface area contributed by atoms with Gasteiger partial charge in [-0.1, -0.05) is 0 Å². The van der Waals surface area contributed by atoms with Gasteiger partial charge in [0.15, 0.2) is 0 Å². The van der Waals surface area contributed by atoms with Crippen molar-refractivity contribution in [3.05, 3.63) is 0 Å². The molecule has 0 atom stereocenters. The fourth-order valence-corrected chi connectivity index (χ4v) is 3.67. The first-order valence-electron chi connectivity index (χ1n) is 8.18. The minimum atomic E-state index is -0.409. The molecule has 5 nitrogen and oxygen atoms in total. The SMILES string of the molecule is CN(CC1(N(C)C)CCC1)C(=O)C(C)(C)N1CCNCC1. The lowest BCUT2D eigenvalue weighted by Gasteiger charge is -2.50. The zero-order valence-corrected chi connectivity index (χ0v) is 14.4. The van der Waals surface area contributed by atoms with Gasteiger partial charge >= 0.3 is 0 Å². The minimum absolute atomic E-state index is 0.198. The molecule has 0 radical (unpaired) electrons. The van der Waals surface area contributed by atoms with Crippen molar-refractivity contribution in [3.63, 3.8) is 0 Å². The van der Waals surface area contributed by atoms with Crippen LogP contribution in [0.2, 0.25) is 0 Å². The highest BCUT2D eigenvalue weighted by molar-refractivity contribution is 5.85. The van der Waals surface area contributed by atoms with Crippen LogP contribution in [0.1, 0.15) is 33.1 Å². The van der Waals surface area contributed by atoms with Crippen LogP contribution in [0.15, 0.2) is 0 Å². The van der Waals surface area contributed by atoms with Gasteiger partial charge in [0.2, 0.25) is 5.91 Å². The van der Waals surface area contributed by atoms with E-state index in [0.717, 1.165) is 32.7 Å². The first kappa shape index (κ1) is 16.7. The van der Waals surface area contributed by atoms with Crippen LogP contribution in [0, 0.1) is 0 Å². The number of piperazine rings is 1. The van der Waals surface area contributed by atoms with Crippen LogP contribution in [0.5, 0.6) is 0 Å². The Bertz CT molecular complexity index is 370. The average molecular weight is 296 g/mol. The third-order valence-corrected chi connectivity index (χ3v) is 5.54. The first-order valence-corrected chi connectivity index (χ1v) is 8.18. The molecule has 1 heterocycles. The van der Waals surface area contributed by atoms with E-state index in [9.17, 15) is 4.79 Å². The predicted molar refractivity (Wildman–Crippen MR) is 86.4 cm³/mol. The Morgan fingerprint density at radius 2 is 1.76 bits per heavy atom. The topological polar surface area (TPSA) is 38.8 Å². The summed E-state index contributed by atoms with van der Waals surface area (Å²) in [7, 11) is 6.24. The molecular weight excluding hydrogens is 264 g/mol. The lowest BCUT2D eigenvalue weighted by atomic mass is 9.75. The largest absolute Gasteiger partial charge is 0.342 e. The Hall–Kier alpha value is -0.650. The van der Waals surface area contributed by atoms with Gasteiger partial charge in [-0.05, 0) is 47.2 Å². The number of carbonyl (C=O) groups is 1. The van der Waals surface area contributed by atoms with Crippen molar-refractivity contribution in [3.8, 4) is 0 Å². The van der Waals surface area contributed by atoms with E-state index in [1.54, 1.807) is 0 Å². The molecule has 2 aliphatic rings. The van der Waals surface area contributed by atoms with Crippen LogP contribution in [0.25, 0.3) is 0 Å². The number of carbonyl (C=O) groups excluding carboxylic acids is 1. The Kier molecular flexibility index (Phi) is 4.96. The summed E-state index contributed by atoms with van der Waals surface area (Å²) in [5.41, 5.74) is -0.210. The molecule has 1 amide bonds. The summed E-state index contributed by atoms with van der Waals surface area (Å²) < 4.78 is 0. The smallest absolute Gasteiger partial charge is 0.242 e. The van der Waals surface area contributed by atoms with E-state index in [1.165, 1.54) is 19.3 Å². The van der Waals surface area contributed by atoms with Crippen LogP contribution >= 0.6 is 0 Å². The second-order valence-electron chi connectivity index (χ2n) is 7.43. The summed E-state index contributed by atoms with van der Waals surface area (Å²) in [6, 6.07) is 0. The van der Waals surface area contributed by atoms with Crippen LogP contribution in [-0.2, 0) is 4.79 Å².